The zero-order chi connectivity index (χ0) is 20.5. The fraction of sp³-hybridized carbons (Fsp3) is 0.316. The Morgan fingerprint density at radius 3 is 2.57 bits per heavy atom. The van der Waals surface area contributed by atoms with Crippen molar-refractivity contribution in [2.24, 2.45) is 5.92 Å². The first-order valence-corrected chi connectivity index (χ1v) is 10.7. The van der Waals surface area contributed by atoms with E-state index in [4.69, 9.17) is 11.6 Å². The molecule has 7 nitrogen and oxygen atoms in total. The van der Waals surface area contributed by atoms with Crippen LogP contribution >= 0.6 is 11.6 Å². The van der Waals surface area contributed by atoms with Gasteiger partial charge in [0.05, 0.1) is 27.9 Å². The monoisotopic (exact) mass is 421 g/mol. The maximum atomic E-state index is 12.8. The van der Waals surface area contributed by atoms with Crippen LogP contribution in [0.3, 0.4) is 0 Å². The molecular formula is C19H20ClN3O4S. The summed E-state index contributed by atoms with van der Waals surface area (Å²) in [6.07, 6.45) is 4.01. The maximum absolute atomic E-state index is 12.8. The molecule has 0 radical (unpaired) electrons. The van der Waals surface area contributed by atoms with Crippen molar-refractivity contribution in [2.45, 2.75) is 13.3 Å². The molecule has 1 aliphatic heterocycles. The molecule has 9 heteroatoms. The van der Waals surface area contributed by atoms with Gasteiger partial charge in [0.2, 0.25) is 15.9 Å². The first kappa shape index (κ1) is 20.3. The Morgan fingerprint density at radius 2 is 1.96 bits per heavy atom. The third-order valence-electron chi connectivity index (χ3n) is 4.61. The van der Waals surface area contributed by atoms with E-state index in [0.29, 0.717) is 13.0 Å². The van der Waals surface area contributed by atoms with Crippen LogP contribution in [0.15, 0.2) is 42.7 Å². The van der Waals surface area contributed by atoms with Gasteiger partial charge in [-0.1, -0.05) is 18.5 Å². The molecule has 1 aromatic carbocycles. The normalized spacial score (nSPS) is 18.3. The van der Waals surface area contributed by atoms with E-state index in [-0.39, 0.29) is 27.9 Å². The Labute approximate surface area is 169 Å². The summed E-state index contributed by atoms with van der Waals surface area (Å²) in [7, 11) is -2.11. The summed E-state index contributed by atoms with van der Waals surface area (Å²) in [6.45, 7) is 2.01. The van der Waals surface area contributed by atoms with Gasteiger partial charge in [-0.3, -0.25) is 14.6 Å². The van der Waals surface area contributed by atoms with E-state index in [1.54, 1.807) is 26.4 Å². The fourth-order valence-corrected chi connectivity index (χ4v) is 5.05. The number of hydrogen-bond donors (Lipinski definition) is 0. The molecule has 1 aliphatic rings. The van der Waals surface area contributed by atoms with Gasteiger partial charge in [0.15, 0.2) is 0 Å². The van der Waals surface area contributed by atoms with Gasteiger partial charge in [0, 0.05) is 26.0 Å². The van der Waals surface area contributed by atoms with Crippen LogP contribution in [0.1, 0.15) is 22.8 Å². The van der Waals surface area contributed by atoms with E-state index in [1.165, 1.54) is 23.1 Å². The number of carbonyl (C=O) groups is 2. The van der Waals surface area contributed by atoms with Gasteiger partial charge in [-0.05, 0) is 42.3 Å². The van der Waals surface area contributed by atoms with Gasteiger partial charge in [0.1, 0.15) is 0 Å². The first-order valence-electron chi connectivity index (χ1n) is 8.71. The van der Waals surface area contributed by atoms with Crippen LogP contribution in [0.25, 0.3) is 0 Å². The number of hydrogen-bond acceptors (Lipinski definition) is 5. The number of nitrogens with zero attached hydrogens (tertiary/aromatic N) is 3. The van der Waals surface area contributed by atoms with E-state index in [1.807, 2.05) is 12.1 Å². The number of carbonyl (C=O) groups excluding carboxylic acids is 2. The quantitative estimate of drug-likeness (QED) is 0.739. The molecule has 1 fully saturated rings. The minimum atomic E-state index is -3.75. The number of benzene rings is 1. The Balaban J connectivity index is 1.83. The number of pyridine rings is 1. The number of aromatic nitrogens is 1. The predicted molar refractivity (Wildman–Crippen MR) is 107 cm³/mol. The zero-order valence-corrected chi connectivity index (χ0v) is 17.1. The van der Waals surface area contributed by atoms with E-state index in [9.17, 15) is 18.0 Å². The molecule has 0 spiro atoms. The summed E-state index contributed by atoms with van der Waals surface area (Å²) in [5.41, 5.74) is 1.32. The lowest BCUT2D eigenvalue weighted by Gasteiger charge is -2.20. The number of rotatable bonds is 5. The highest BCUT2D eigenvalue weighted by molar-refractivity contribution is 7.94. The van der Waals surface area contributed by atoms with Crippen LogP contribution in [0.4, 0.5) is 5.69 Å². The van der Waals surface area contributed by atoms with Crippen molar-refractivity contribution in [3.8, 4) is 0 Å². The number of likely N-dealkylation sites (N-methyl/N-ethyl adjacent to an activating group) is 1. The van der Waals surface area contributed by atoms with Gasteiger partial charge in [0.25, 0.3) is 5.91 Å². The average molecular weight is 422 g/mol. The largest absolute Gasteiger partial charge is 0.341 e. The molecule has 2 aromatic rings. The second-order valence-electron chi connectivity index (χ2n) is 6.78. The molecule has 0 saturated carbocycles. The standard InChI is InChI=1S/C19H20ClN3O4S/c1-13-12-28(26,27)23(18(13)24)15-3-4-17(20)16(11-15)19(25)22(2)10-7-14-5-8-21-9-6-14/h3-6,8-9,11,13H,7,10,12H2,1-2H3. The number of amides is 2. The molecule has 1 atom stereocenters. The van der Waals surface area contributed by atoms with Crippen molar-refractivity contribution < 1.29 is 18.0 Å². The van der Waals surface area contributed by atoms with Crippen LogP contribution in [0.2, 0.25) is 5.02 Å². The third-order valence-corrected chi connectivity index (χ3v) is 6.81. The molecule has 0 N–H and O–H groups in total. The van der Waals surface area contributed by atoms with Crippen LogP contribution in [0, 0.1) is 5.92 Å². The summed E-state index contributed by atoms with van der Waals surface area (Å²) in [6, 6.07) is 7.98. The smallest absolute Gasteiger partial charge is 0.255 e. The Kier molecular flexibility index (Phi) is 5.71. The minimum Gasteiger partial charge on any atom is -0.341 e. The molecule has 0 bridgehead atoms. The van der Waals surface area contributed by atoms with E-state index < -0.39 is 21.8 Å². The molecule has 1 unspecified atom stereocenters. The van der Waals surface area contributed by atoms with Gasteiger partial charge < -0.3 is 4.90 Å². The lowest BCUT2D eigenvalue weighted by molar-refractivity contribution is -0.119. The van der Waals surface area contributed by atoms with Crippen molar-refractivity contribution in [1.29, 1.82) is 0 Å². The molecule has 2 amide bonds. The molecule has 1 saturated heterocycles. The molecule has 0 aliphatic carbocycles. The van der Waals surface area contributed by atoms with Gasteiger partial charge in [-0.2, -0.15) is 0 Å². The molecule has 3 rings (SSSR count). The second kappa shape index (κ2) is 7.89. The van der Waals surface area contributed by atoms with E-state index in [2.05, 4.69) is 4.98 Å². The summed E-state index contributed by atoms with van der Waals surface area (Å²) < 4.78 is 25.4. The Bertz CT molecular complexity index is 1010. The maximum Gasteiger partial charge on any atom is 0.255 e. The first-order chi connectivity index (χ1) is 13.2. The third kappa shape index (κ3) is 4.02. The predicted octanol–water partition coefficient (Wildman–Crippen LogP) is 2.36. The van der Waals surface area contributed by atoms with Crippen molar-refractivity contribution in [3.05, 3.63) is 58.9 Å². The van der Waals surface area contributed by atoms with Crippen molar-refractivity contribution >= 4 is 39.1 Å². The van der Waals surface area contributed by atoms with Crippen LogP contribution in [-0.2, 0) is 21.2 Å². The second-order valence-corrected chi connectivity index (χ2v) is 9.05. The molecule has 28 heavy (non-hydrogen) atoms. The van der Waals surface area contributed by atoms with E-state index in [0.717, 1.165) is 9.87 Å². The zero-order valence-electron chi connectivity index (χ0n) is 15.5. The highest BCUT2D eigenvalue weighted by Gasteiger charge is 2.42. The van der Waals surface area contributed by atoms with Crippen molar-refractivity contribution in [1.82, 2.24) is 9.88 Å². The summed E-state index contributed by atoms with van der Waals surface area (Å²) >= 11 is 6.19. The highest BCUT2D eigenvalue weighted by atomic mass is 35.5. The van der Waals surface area contributed by atoms with Crippen molar-refractivity contribution in [2.75, 3.05) is 23.7 Å². The average Bonchev–Trinajstić information content (AvgIpc) is 2.87. The molecule has 148 valence electrons. The molecular weight excluding hydrogens is 402 g/mol. The number of anilines is 1. The lowest BCUT2D eigenvalue weighted by atomic mass is 10.1. The van der Waals surface area contributed by atoms with Gasteiger partial charge >= 0.3 is 0 Å². The number of sulfonamides is 1. The summed E-state index contributed by atoms with van der Waals surface area (Å²) in [5.74, 6) is -1.73. The Morgan fingerprint density at radius 1 is 1.29 bits per heavy atom. The van der Waals surface area contributed by atoms with Crippen molar-refractivity contribution in [3.63, 3.8) is 0 Å². The Hall–Kier alpha value is -2.45. The van der Waals surface area contributed by atoms with Crippen LogP contribution in [-0.4, -0.2) is 49.5 Å². The fourth-order valence-electron chi connectivity index (χ4n) is 3.04. The SMILES string of the molecule is CC1CS(=O)(=O)N(c2ccc(Cl)c(C(=O)N(C)CCc3ccncc3)c2)C1=O. The summed E-state index contributed by atoms with van der Waals surface area (Å²) in [5, 5.41) is 0.196. The van der Waals surface area contributed by atoms with Crippen LogP contribution < -0.4 is 4.31 Å². The highest BCUT2D eigenvalue weighted by Crippen LogP contribution is 2.31. The van der Waals surface area contributed by atoms with E-state index >= 15 is 0 Å². The topological polar surface area (TPSA) is 87.7 Å². The van der Waals surface area contributed by atoms with Crippen LogP contribution in [0.5, 0.6) is 0 Å². The molecule has 2 heterocycles. The van der Waals surface area contributed by atoms with Gasteiger partial charge in [-0.25, -0.2) is 12.7 Å². The number of halogens is 1. The minimum absolute atomic E-state index is 0.129. The lowest BCUT2D eigenvalue weighted by Crippen LogP contribution is -2.32. The van der Waals surface area contributed by atoms with Gasteiger partial charge in [-0.15, -0.1) is 0 Å². The molecule has 1 aromatic heterocycles. The summed E-state index contributed by atoms with van der Waals surface area (Å²) in [4.78, 5) is 30.6.